The molecule has 190 valence electrons. The molecule has 0 bridgehead atoms. The number of hydrogen-bond donors (Lipinski definition) is 2. The molecule has 2 aromatic carbocycles. The molecule has 0 aliphatic heterocycles. The molecule has 0 fully saturated rings. The molecule has 38 heavy (non-hydrogen) atoms. The molecule has 7 nitrogen and oxygen atoms in total. The molecule has 0 unspecified atom stereocenters. The second-order valence-electron chi connectivity index (χ2n) is 8.28. The van der Waals surface area contributed by atoms with E-state index in [0.29, 0.717) is 23.0 Å². The van der Waals surface area contributed by atoms with Gasteiger partial charge in [0.25, 0.3) is 5.91 Å². The monoisotopic (exact) mass is 534 g/mol. The van der Waals surface area contributed by atoms with Crippen molar-refractivity contribution in [1.29, 1.82) is 0 Å². The van der Waals surface area contributed by atoms with E-state index >= 15 is 0 Å². The summed E-state index contributed by atoms with van der Waals surface area (Å²) >= 11 is 5.75. The summed E-state index contributed by atoms with van der Waals surface area (Å²) in [5.41, 5.74) is 7.99. The summed E-state index contributed by atoms with van der Waals surface area (Å²) in [7, 11) is 0. The van der Waals surface area contributed by atoms with E-state index in [1.165, 1.54) is 0 Å². The Morgan fingerprint density at radius 1 is 0.895 bits per heavy atom. The summed E-state index contributed by atoms with van der Waals surface area (Å²) in [4.78, 5) is 30.3. The van der Waals surface area contributed by atoms with Gasteiger partial charge in [0.1, 0.15) is 5.15 Å². The third-order valence-corrected chi connectivity index (χ3v) is 5.86. The average molecular weight is 535 g/mol. The lowest BCUT2D eigenvalue weighted by Gasteiger charge is -2.14. The molecule has 0 aliphatic carbocycles. The number of nitrogens with zero attached hydrogens (tertiary/aromatic N) is 4. The number of fused-ring (bicyclic) bond motifs is 1. The molecule has 0 atom stereocenters. The Bertz CT molecular complexity index is 1660. The molecule has 5 rings (SSSR count). The highest BCUT2D eigenvalue weighted by Crippen LogP contribution is 2.33. The number of pyridine rings is 2. The summed E-state index contributed by atoms with van der Waals surface area (Å²) in [6, 6.07) is 20.0. The summed E-state index contributed by atoms with van der Waals surface area (Å²) in [5, 5.41) is 3.03. The van der Waals surface area contributed by atoms with Crippen molar-refractivity contribution in [3.63, 3.8) is 0 Å². The second-order valence-corrected chi connectivity index (χ2v) is 8.67. The minimum Gasteiger partial charge on any atom is -0.382 e. The number of nitrogens with two attached hydrogens (primary N) is 1. The van der Waals surface area contributed by atoms with Crippen molar-refractivity contribution in [2.75, 3.05) is 5.73 Å². The Morgan fingerprint density at radius 3 is 2.42 bits per heavy atom. The minimum absolute atomic E-state index is 0.0761. The molecule has 0 spiro atoms. The zero-order valence-corrected chi connectivity index (χ0v) is 20.3. The zero-order chi connectivity index (χ0) is 26.9. The number of anilines is 1. The van der Waals surface area contributed by atoms with Crippen LogP contribution in [0.5, 0.6) is 0 Å². The number of nitrogens with one attached hydrogen (secondary N) is 1. The van der Waals surface area contributed by atoms with Gasteiger partial charge in [-0.2, -0.15) is 13.2 Å². The van der Waals surface area contributed by atoms with E-state index in [2.05, 4.69) is 25.3 Å². The van der Waals surface area contributed by atoms with Gasteiger partial charge in [0, 0.05) is 22.7 Å². The standard InChI is InChI=1S/C27H18ClF3N6O/c28-21-13-18(27(29,30)31)12-19(35-21)14-34-26(38)24-25(32)37-22(15-5-2-1-3-6-15)23(36-24)17-8-9-20-16(11-17)7-4-10-33-20/h1-13H,14H2,(H2,32,37)(H,34,38). The van der Waals surface area contributed by atoms with E-state index in [1.54, 1.807) is 6.20 Å². The fourth-order valence-corrected chi connectivity index (χ4v) is 4.12. The number of carbonyl (C=O) groups excluding carboxylic acids is 1. The van der Waals surface area contributed by atoms with Gasteiger partial charge >= 0.3 is 6.18 Å². The molecule has 3 heterocycles. The van der Waals surface area contributed by atoms with Crippen LogP contribution in [0, 0.1) is 0 Å². The Labute approximate surface area is 219 Å². The van der Waals surface area contributed by atoms with Crippen LogP contribution in [0.3, 0.4) is 0 Å². The van der Waals surface area contributed by atoms with E-state index in [4.69, 9.17) is 17.3 Å². The van der Waals surface area contributed by atoms with Gasteiger partial charge in [-0.15, -0.1) is 0 Å². The van der Waals surface area contributed by atoms with Crippen molar-refractivity contribution in [1.82, 2.24) is 25.3 Å². The predicted octanol–water partition coefficient (Wildman–Crippen LogP) is 5.94. The van der Waals surface area contributed by atoms with Crippen LogP contribution in [0.15, 0.2) is 79.0 Å². The van der Waals surface area contributed by atoms with Gasteiger partial charge in [-0.05, 0) is 30.3 Å². The third kappa shape index (κ3) is 5.25. The highest BCUT2D eigenvalue weighted by atomic mass is 35.5. The van der Waals surface area contributed by atoms with Crippen molar-refractivity contribution >= 4 is 34.2 Å². The molecule has 11 heteroatoms. The number of rotatable bonds is 5. The van der Waals surface area contributed by atoms with Crippen molar-refractivity contribution in [3.8, 4) is 22.5 Å². The lowest BCUT2D eigenvalue weighted by atomic mass is 10.0. The van der Waals surface area contributed by atoms with Crippen molar-refractivity contribution in [2.24, 2.45) is 0 Å². The number of carbonyl (C=O) groups is 1. The quantitative estimate of drug-likeness (QED) is 0.270. The fourth-order valence-electron chi connectivity index (χ4n) is 3.90. The molecule has 0 saturated carbocycles. The molecule has 0 saturated heterocycles. The van der Waals surface area contributed by atoms with Crippen molar-refractivity contribution in [2.45, 2.75) is 12.7 Å². The van der Waals surface area contributed by atoms with Gasteiger partial charge in [0.05, 0.1) is 34.7 Å². The Morgan fingerprint density at radius 2 is 1.66 bits per heavy atom. The fraction of sp³-hybridized carbons (Fsp3) is 0.0741. The van der Waals surface area contributed by atoms with Crippen LogP contribution >= 0.6 is 11.6 Å². The Kier molecular flexibility index (Phi) is 6.64. The average Bonchev–Trinajstić information content (AvgIpc) is 2.91. The number of alkyl halides is 3. The van der Waals surface area contributed by atoms with Crippen LogP contribution in [0.1, 0.15) is 21.7 Å². The number of benzene rings is 2. The first kappa shape index (κ1) is 25.1. The van der Waals surface area contributed by atoms with Crippen LogP contribution < -0.4 is 11.1 Å². The van der Waals surface area contributed by atoms with Gasteiger partial charge in [0.15, 0.2) is 11.5 Å². The van der Waals surface area contributed by atoms with E-state index in [1.807, 2.05) is 60.7 Å². The van der Waals surface area contributed by atoms with Crippen molar-refractivity contribution < 1.29 is 18.0 Å². The SMILES string of the molecule is Nc1nc(-c2ccccc2)c(-c2ccc3ncccc3c2)nc1C(=O)NCc1cc(C(F)(F)F)cc(Cl)n1. The zero-order valence-electron chi connectivity index (χ0n) is 19.5. The minimum atomic E-state index is -4.61. The van der Waals surface area contributed by atoms with Crippen molar-refractivity contribution in [3.05, 3.63) is 101 Å². The highest BCUT2D eigenvalue weighted by molar-refractivity contribution is 6.29. The Hall–Kier alpha value is -4.57. The van der Waals surface area contributed by atoms with Gasteiger partial charge < -0.3 is 11.1 Å². The maximum Gasteiger partial charge on any atom is 0.416 e. The smallest absolute Gasteiger partial charge is 0.382 e. The second kappa shape index (κ2) is 10.1. The molecular formula is C27H18ClF3N6O. The largest absolute Gasteiger partial charge is 0.416 e. The maximum atomic E-state index is 13.1. The summed E-state index contributed by atoms with van der Waals surface area (Å²) < 4.78 is 39.4. The normalized spacial score (nSPS) is 11.5. The number of hydrogen-bond acceptors (Lipinski definition) is 6. The van der Waals surface area contributed by atoms with Crippen LogP contribution in [-0.2, 0) is 12.7 Å². The Balaban J connectivity index is 1.53. The molecule has 0 aliphatic rings. The van der Waals surface area contributed by atoms with Crippen LogP contribution in [0.2, 0.25) is 5.15 Å². The third-order valence-electron chi connectivity index (χ3n) is 5.67. The number of amides is 1. The highest BCUT2D eigenvalue weighted by Gasteiger charge is 2.31. The van der Waals surface area contributed by atoms with Crippen LogP contribution in [0.25, 0.3) is 33.4 Å². The summed E-state index contributed by atoms with van der Waals surface area (Å²) in [6.07, 6.45) is -2.92. The van der Waals surface area contributed by atoms with Gasteiger partial charge in [0.2, 0.25) is 0 Å². The first-order chi connectivity index (χ1) is 18.2. The number of nitrogen functional groups attached to an aromatic ring is 1. The first-order valence-electron chi connectivity index (χ1n) is 11.3. The lowest BCUT2D eigenvalue weighted by molar-refractivity contribution is -0.137. The molecule has 0 radical (unpaired) electrons. The predicted molar refractivity (Wildman–Crippen MR) is 138 cm³/mol. The summed E-state index contributed by atoms with van der Waals surface area (Å²) in [5.74, 6) is -0.865. The van der Waals surface area contributed by atoms with E-state index in [0.717, 1.165) is 22.5 Å². The molecule has 3 aromatic heterocycles. The molecule has 3 N–H and O–H groups in total. The molecule has 1 amide bonds. The molecular weight excluding hydrogens is 517 g/mol. The van der Waals surface area contributed by atoms with E-state index in [9.17, 15) is 18.0 Å². The lowest BCUT2D eigenvalue weighted by Crippen LogP contribution is -2.26. The topological polar surface area (TPSA) is 107 Å². The first-order valence-corrected chi connectivity index (χ1v) is 11.7. The van der Waals surface area contributed by atoms with Gasteiger partial charge in [-0.3, -0.25) is 9.78 Å². The number of halogens is 4. The van der Waals surface area contributed by atoms with E-state index < -0.39 is 17.6 Å². The number of aromatic nitrogens is 4. The van der Waals surface area contributed by atoms with Crippen LogP contribution in [0.4, 0.5) is 19.0 Å². The van der Waals surface area contributed by atoms with Crippen LogP contribution in [-0.4, -0.2) is 25.8 Å². The van der Waals surface area contributed by atoms with Gasteiger partial charge in [-0.25, -0.2) is 15.0 Å². The maximum absolute atomic E-state index is 13.1. The summed E-state index contributed by atoms with van der Waals surface area (Å²) in [6.45, 7) is -0.332. The molecule has 5 aromatic rings. The van der Waals surface area contributed by atoms with E-state index in [-0.39, 0.29) is 28.9 Å². The van der Waals surface area contributed by atoms with Gasteiger partial charge in [-0.1, -0.05) is 54.1 Å².